The summed E-state index contributed by atoms with van der Waals surface area (Å²) < 4.78 is 0. The monoisotopic (exact) mass is 310 g/mol. The molecule has 114 valence electrons. The zero-order valence-electron chi connectivity index (χ0n) is 13.4. The maximum Gasteiger partial charge on any atom is 0.132 e. The minimum atomic E-state index is 0.541. The molecule has 0 aliphatic heterocycles. The van der Waals surface area contributed by atoms with Crippen LogP contribution in [0.4, 0.5) is 0 Å². The van der Waals surface area contributed by atoms with Crippen molar-refractivity contribution in [3.63, 3.8) is 0 Å². The first-order valence-electron chi connectivity index (χ1n) is 7.37. The maximum atomic E-state index is 6.23. The van der Waals surface area contributed by atoms with Gasteiger partial charge in [-0.2, -0.15) is 0 Å². The van der Waals surface area contributed by atoms with E-state index < -0.39 is 0 Å². The lowest BCUT2D eigenvalue weighted by Crippen LogP contribution is -2.16. The van der Waals surface area contributed by atoms with Gasteiger partial charge in [-0.05, 0) is 44.0 Å². The van der Waals surface area contributed by atoms with Crippen molar-refractivity contribution >= 4 is 17.6 Å². The molecule has 2 nitrogen and oxygen atoms in total. The molecule has 0 aliphatic carbocycles. The number of allylic oxidation sites excluding steroid dienone is 1. The van der Waals surface area contributed by atoms with E-state index in [0.717, 1.165) is 28.1 Å². The average molecular weight is 310 g/mol. The molecular formula is C19H22N2S. The zero-order valence-corrected chi connectivity index (χ0v) is 14.2. The van der Waals surface area contributed by atoms with Crippen LogP contribution in [0.1, 0.15) is 30.0 Å². The molecule has 0 aliphatic rings. The van der Waals surface area contributed by atoms with Crippen LogP contribution in [0.15, 0.2) is 69.5 Å². The first-order valence-corrected chi connectivity index (χ1v) is 8.19. The number of nitrogens with zero attached hydrogens (tertiary/aromatic N) is 1. The molecule has 2 N–H and O–H groups in total. The van der Waals surface area contributed by atoms with Gasteiger partial charge in [0, 0.05) is 21.1 Å². The molecule has 0 fully saturated rings. The van der Waals surface area contributed by atoms with Crippen LogP contribution in [0.3, 0.4) is 0 Å². The van der Waals surface area contributed by atoms with E-state index in [1.54, 1.807) is 11.8 Å². The molecule has 2 rings (SSSR count). The topological polar surface area (TPSA) is 38.4 Å². The Hall–Kier alpha value is -2.00. The molecule has 0 heterocycles. The molecule has 3 heteroatoms. The first-order chi connectivity index (χ1) is 10.5. The predicted octanol–water partition coefficient (Wildman–Crippen LogP) is 5.08. The summed E-state index contributed by atoms with van der Waals surface area (Å²) in [4.78, 5) is 6.74. The van der Waals surface area contributed by atoms with E-state index in [2.05, 4.69) is 67.9 Å². The normalized spacial score (nSPS) is 11.5. The van der Waals surface area contributed by atoms with E-state index >= 15 is 0 Å². The van der Waals surface area contributed by atoms with E-state index in [4.69, 9.17) is 5.73 Å². The number of aryl methyl sites for hydroxylation is 2. The molecule has 2 aromatic carbocycles. The lowest BCUT2D eigenvalue weighted by Gasteiger charge is -2.12. The number of amidine groups is 1. The Morgan fingerprint density at radius 3 is 2.45 bits per heavy atom. The minimum Gasteiger partial charge on any atom is -0.383 e. The largest absolute Gasteiger partial charge is 0.383 e. The lowest BCUT2D eigenvalue weighted by molar-refractivity contribution is 1.07. The Morgan fingerprint density at radius 1 is 1.14 bits per heavy atom. The van der Waals surface area contributed by atoms with Gasteiger partial charge in [-0.3, -0.25) is 0 Å². The van der Waals surface area contributed by atoms with Crippen molar-refractivity contribution < 1.29 is 0 Å². The fourth-order valence-electron chi connectivity index (χ4n) is 2.09. The van der Waals surface area contributed by atoms with Gasteiger partial charge in [0.25, 0.3) is 0 Å². The number of rotatable bonds is 5. The Labute approximate surface area is 137 Å². The van der Waals surface area contributed by atoms with Crippen LogP contribution < -0.4 is 5.73 Å². The van der Waals surface area contributed by atoms with Crippen molar-refractivity contribution in [2.75, 3.05) is 0 Å². The van der Waals surface area contributed by atoms with Gasteiger partial charge in [-0.15, -0.1) is 0 Å². The van der Waals surface area contributed by atoms with Crippen LogP contribution in [-0.2, 0) is 0 Å². The van der Waals surface area contributed by atoms with Crippen LogP contribution >= 0.6 is 11.8 Å². The number of hydrogen-bond donors (Lipinski definition) is 1. The second-order valence-electron chi connectivity index (χ2n) is 5.28. The highest BCUT2D eigenvalue weighted by atomic mass is 32.2. The van der Waals surface area contributed by atoms with Crippen LogP contribution in [0, 0.1) is 13.8 Å². The molecule has 0 amide bonds. The van der Waals surface area contributed by atoms with Crippen LogP contribution in [0.2, 0.25) is 0 Å². The number of nitrogens with two attached hydrogens (primary N) is 1. The maximum absolute atomic E-state index is 6.23. The van der Waals surface area contributed by atoms with Gasteiger partial charge in [0.1, 0.15) is 5.84 Å². The standard InChI is InChI=1S/C19H22N2S/c1-5-15(4)21-19(20)18-14(3)7-6-8-17(18)22-16-11-9-13(2)10-12-16/h6-12H,4-5H2,1-3H3,(H2,20,21). The van der Waals surface area contributed by atoms with Crippen molar-refractivity contribution in [2.45, 2.75) is 37.0 Å². The molecule has 0 saturated carbocycles. The van der Waals surface area contributed by atoms with Gasteiger partial charge in [0.2, 0.25) is 0 Å². The number of benzene rings is 2. The fourth-order valence-corrected chi connectivity index (χ4v) is 3.13. The molecule has 0 spiro atoms. The second kappa shape index (κ2) is 7.32. The van der Waals surface area contributed by atoms with Crippen LogP contribution in [0.25, 0.3) is 0 Å². The Kier molecular flexibility index (Phi) is 5.45. The van der Waals surface area contributed by atoms with E-state index in [1.807, 2.05) is 6.92 Å². The zero-order chi connectivity index (χ0) is 16.1. The van der Waals surface area contributed by atoms with Crippen molar-refractivity contribution in [1.29, 1.82) is 0 Å². The summed E-state index contributed by atoms with van der Waals surface area (Å²) in [6, 6.07) is 14.7. The van der Waals surface area contributed by atoms with Crippen molar-refractivity contribution in [1.82, 2.24) is 0 Å². The Bertz CT molecular complexity index is 700. The summed E-state index contributed by atoms with van der Waals surface area (Å²) in [5.41, 5.74) is 10.4. The molecule has 2 aromatic rings. The number of aliphatic imine (C=N–C) groups is 1. The molecule has 0 bridgehead atoms. The van der Waals surface area contributed by atoms with Crippen LogP contribution in [-0.4, -0.2) is 5.84 Å². The molecule has 22 heavy (non-hydrogen) atoms. The Morgan fingerprint density at radius 2 is 1.82 bits per heavy atom. The summed E-state index contributed by atoms with van der Waals surface area (Å²) >= 11 is 1.71. The van der Waals surface area contributed by atoms with Gasteiger partial charge < -0.3 is 5.73 Å². The number of hydrogen-bond acceptors (Lipinski definition) is 2. The van der Waals surface area contributed by atoms with Crippen molar-refractivity contribution in [2.24, 2.45) is 10.7 Å². The van der Waals surface area contributed by atoms with Gasteiger partial charge in [-0.25, -0.2) is 4.99 Å². The molecule has 0 aromatic heterocycles. The molecule has 0 unspecified atom stereocenters. The second-order valence-corrected chi connectivity index (χ2v) is 6.40. The van der Waals surface area contributed by atoms with Gasteiger partial charge >= 0.3 is 0 Å². The summed E-state index contributed by atoms with van der Waals surface area (Å²) in [6.07, 6.45) is 0.799. The smallest absolute Gasteiger partial charge is 0.132 e. The predicted molar refractivity (Wildman–Crippen MR) is 96.6 cm³/mol. The van der Waals surface area contributed by atoms with Crippen molar-refractivity contribution in [3.05, 3.63) is 71.4 Å². The molecule has 0 radical (unpaired) electrons. The minimum absolute atomic E-state index is 0.541. The highest BCUT2D eigenvalue weighted by Crippen LogP contribution is 2.32. The lowest BCUT2D eigenvalue weighted by atomic mass is 10.1. The summed E-state index contributed by atoms with van der Waals surface area (Å²) in [5.74, 6) is 0.541. The van der Waals surface area contributed by atoms with Gasteiger partial charge in [0.05, 0.1) is 0 Å². The highest BCUT2D eigenvalue weighted by molar-refractivity contribution is 7.99. The first kappa shape index (κ1) is 16.4. The fraction of sp³-hybridized carbons (Fsp3) is 0.211. The van der Waals surface area contributed by atoms with Gasteiger partial charge in [-0.1, -0.05) is 55.1 Å². The third kappa shape index (κ3) is 4.01. The summed E-state index contributed by atoms with van der Waals surface area (Å²) in [7, 11) is 0. The molecular weight excluding hydrogens is 288 g/mol. The van der Waals surface area contributed by atoms with E-state index in [0.29, 0.717) is 5.84 Å². The van der Waals surface area contributed by atoms with E-state index in [1.165, 1.54) is 10.5 Å². The third-order valence-electron chi connectivity index (χ3n) is 3.43. The molecule has 0 atom stereocenters. The SMILES string of the molecule is C=C(CC)N=C(N)c1c(C)cccc1Sc1ccc(C)cc1. The third-order valence-corrected chi connectivity index (χ3v) is 4.49. The highest BCUT2D eigenvalue weighted by Gasteiger charge is 2.11. The van der Waals surface area contributed by atoms with Crippen LogP contribution in [0.5, 0.6) is 0 Å². The van der Waals surface area contributed by atoms with E-state index in [-0.39, 0.29) is 0 Å². The average Bonchev–Trinajstić information content (AvgIpc) is 2.49. The summed E-state index contributed by atoms with van der Waals surface area (Å²) in [6.45, 7) is 10.1. The Balaban J connectivity index is 2.40. The van der Waals surface area contributed by atoms with Crippen molar-refractivity contribution in [3.8, 4) is 0 Å². The van der Waals surface area contributed by atoms with Gasteiger partial charge in [0.15, 0.2) is 0 Å². The molecule has 0 saturated heterocycles. The van der Waals surface area contributed by atoms with E-state index in [9.17, 15) is 0 Å². The quantitative estimate of drug-likeness (QED) is 0.617. The summed E-state index contributed by atoms with van der Waals surface area (Å²) in [5, 5.41) is 0.